The molecule has 0 bridgehead atoms. The Labute approximate surface area is 182 Å². The normalized spacial score (nSPS) is 18.6. The number of aromatic nitrogens is 3. The molecule has 3 aromatic rings. The highest BCUT2D eigenvalue weighted by Gasteiger charge is 2.31. The van der Waals surface area contributed by atoms with Crippen LogP contribution in [0.2, 0.25) is 0 Å². The van der Waals surface area contributed by atoms with Gasteiger partial charge in [-0.3, -0.25) is 9.97 Å². The van der Waals surface area contributed by atoms with Gasteiger partial charge >= 0.3 is 5.97 Å². The van der Waals surface area contributed by atoms with Crippen molar-refractivity contribution in [2.75, 3.05) is 6.61 Å². The van der Waals surface area contributed by atoms with Gasteiger partial charge in [-0.2, -0.15) is 0 Å². The second-order valence-electron chi connectivity index (χ2n) is 8.66. The molecular weight excluding hydrogens is 392 g/mol. The number of carbonyl (C=O) groups is 1. The van der Waals surface area contributed by atoms with Gasteiger partial charge in [0.1, 0.15) is 6.10 Å². The summed E-state index contributed by atoms with van der Waals surface area (Å²) in [5.41, 5.74) is 9.81. The number of carbonyl (C=O) groups excluding carboxylic acids is 1. The molecule has 0 saturated carbocycles. The Morgan fingerprint density at radius 3 is 2.61 bits per heavy atom. The molecule has 1 aliphatic heterocycles. The zero-order valence-corrected chi connectivity index (χ0v) is 18.6. The van der Waals surface area contributed by atoms with E-state index in [0.717, 1.165) is 33.4 Å². The maximum atomic E-state index is 12.2. The molecule has 0 fully saturated rings. The number of fused-ring (bicyclic) bond motifs is 2. The van der Waals surface area contributed by atoms with E-state index in [0.29, 0.717) is 24.5 Å². The van der Waals surface area contributed by atoms with Crippen molar-refractivity contribution < 1.29 is 14.3 Å². The van der Waals surface area contributed by atoms with Crippen molar-refractivity contribution in [3.05, 3.63) is 58.8 Å². The Hall–Kier alpha value is -3.06. The Morgan fingerprint density at radius 2 is 1.90 bits per heavy atom. The van der Waals surface area contributed by atoms with Crippen LogP contribution in [0, 0.1) is 0 Å². The number of ether oxygens (including phenoxy) is 2. The molecule has 2 N–H and O–H groups in total. The van der Waals surface area contributed by atoms with Crippen molar-refractivity contribution >= 4 is 16.7 Å². The van der Waals surface area contributed by atoms with E-state index >= 15 is 0 Å². The molecule has 0 saturated heterocycles. The van der Waals surface area contributed by atoms with Crippen molar-refractivity contribution in [3.8, 4) is 5.88 Å². The predicted molar refractivity (Wildman–Crippen MR) is 118 cm³/mol. The van der Waals surface area contributed by atoms with E-state index in [9.17, 15) is 4.79 Å². The van der Waals surface area contributed by atoms with Gasteiger partial charge in [0.2, 0.25) is 5.88 Å². The summed E-state index contributed by atoms with van der Waals surface area (Å²) in [5.74, 6) is 0.286. The maximum Gasteiger partial charge on any atom is 0.340 e. The predicted octanol–water partition coefficient (Wildman–Crippen LogP) is 3.87. The zero-order valence-electron chi connectivity index (χ0n) is 18.6. The lowest BCUT2D eigenvalue weighted by atomic mass is 9.92. The quantitative estimate of drug-likeness (QED) is 0.625. The fourth-order valence-corrected chi connectivity index (χ4v) is 3.89. The molecule has 4 rings (SSSR count). The summed E-state index contributed by atoms with van der Waals surface area (Å²) in [4.78, 5) is 26.0. The SMILES string of the molecule is CCOc1ncc(C(C)(C)N)c2cc(Cc3ccc4c(n3)[C@H](C)[C@H](C)OC4=O)ncc12. The van der Waals surface area contributed by atoms with E-state index in [4.69, 9.17) is 20.2 Å². The fourth-order valence-electron chi connectivity index (χ4n) is 3.89. The molecule has 162 valence electrons. The molecule has 2 atom stereocenters. The highest BCUT2D eigenvalue weighted by atomic mass is 16.5. The molecule has 3 aromatic heterocycles. The molecule has 4 heterocycles. The van der Waals surface area contributed by atoms with Crippen LogP contribution in [0.25, 0.3) is 10.8 Å². The van der Waals surface area contributed by atoms with Crippen LogP contribution in [-0.4, -0.2) is 33.6 Å². The standard InChI is InChI=1S/C24H28N4O3/c1-6-30-22-19-11-26-16(10-18(19)20(12-27-22)24(4,5)25)9-15-7-8-17-21(28-15)13(2)14(3)31-23(17)29/h7-8,10-14H,6,9,25H2,1-5H3/t13-,14+/m1/s1. The molecule has 0 spiro atoms. The summed E-state index contributed by atoms with van der Waals surface area (Å²) in [6, 6.07) is 5.69. The second kappa shape index (κ2) is 7.89. The summed E-state index contributed by atoms with van der Waals surface area (Å²) in [6.45, 7) is 10.3. The van der Waals surface area contributed by atoms with Crippen LogP contribution in [0.5, 0.6) is 5.88 Å². The monoisotopic (exact) mass is 420 g/mol. The molecule has 7 heteroatoms. The molecular formula is C24H28N4O3. The Morgan fingerprint density at radius 1 is 1.13 bits per heavy atom. The largest absolute Gasteiger partial charge is 0.477 e. The van der Waals surface area contributed by atoms with E-state index in [1.807, 2.05) is 46.8 Å². The second-order valence-corrected chi connectivity index (χ2v) is 8.66. The van der Waals surface area contributed by atoms with Crippen molar-refractivity contribution in [3.63, 3.8) is 0 Å². The lowest BCUT2D eigenvalue weighted by molar-refractivity contribution is 0.0234. The summed E-state index contributed by atoms with van der Waals surface area (Å²) < 4.78 is 11.1. The van der Waals surface area contributed by atoms with Crippen LogP contribution >= 0.6 is 0 Å². The van der Waals surface area contributed by atoms with Crippen LogP contribution in [0.3, 0.4) is 0 Å². The Kier molecular flexibility index (Phi) is 5.39. The first-order valence-corrected chi connectivity index (χ1v) is 10.6. The average molecular weight is 421 g/mol. The molecule has 0 aromatic carbocycles. The number of nitrogens with zero attached hydrogens (tertiary/aromatic N) is 3. The van der Waals surface area contributed by atoms with Crippen LogP contribution in [0.1, 0.15) is 73.5 Å². The van der Waals surface area contributed by atoms with Crippen LogP contribution in [0.15, 0.2) is 30.6 Å². The highest BCUT2D eigenvalue weighted by Crippen LogP contribution is 2.33. The number of rotatable bonds is 5. The van der Waals surface area contributed by atoms with Crippen molar-refractivity contribution in [2.24, 2.45) is 5.73 Å². The topological polar surface area (TPSA) is 100 Å². The van der Waals surface area contributed by atoms with Crippen LogP contribution < -0.4 is 10.5 Å². The minimum atomic E-state index is -0.565. The minimum Gasteiger partial charge on any atom is -0.477 e. The summed E-state index contributed by atoms with van der Waals surface area (Å²) in [6.07, 6.45) is 3.91. The molecule has 0 radical (unpaired) electrons. The fraction of sp³-hybridized carbons (Fsp3) is 0.417. The molecule has 7 nitrogen and oxygen atoms in total. The van der Waals surface area contributed by atoms with Crippen molar-refractivity contribution in [1.29, 1.82) is 0 Å². The molecule has 0 amide bonds. The van der Waals surface area contributed by atoms with Crippen LogP contribution in [0.4, 0.5) is 0 Å². The Balaban J connectivity index is 1.75. The minimum absolute atomic E-state index is 0.0432. The number of pyridine rings is 3. The molecule has 1 aliphatic rings. The van der Waals surface area contributed by atoms with E-state index < -0.39 is 5.54 Å². The summed E-state index contributed by atoms with van der Waals surface area (Å²) in [5, 5.41) is 1.81. The molecule has 0 aliphatic carbocycles. The maximum absolute atomic E-state index is 12.2. The number of hydrogen-bond donors (Lipinski definition) is 1. The Bertz CT molecular complexity index is 1150. The third-order valence-corrected chi connectivity index (χ3v) is 5.76. The van der Waals surface area contributed by atoms with Gasteiger partial charge in [-0.15, -0.1) is 0 Å². The van der Waals surface area contributed by atoms with Gasteiger partial charge < -0.3 is 15.2 Å². The highest BCUT2D eigenvalue weighted by molar-refractivity contribution is 5.92. The van der Waals surface area contributed by atoms with E-state index in [-0.39, 0.29) is 18.0 Å². The molecule has 31 heavy (non-hydrogen) atoms. The van der Waals surface area contributed by atoms with E-state index in [1.54, 1.807) is 18.5 Å². The van der Waals surface area contributed by atoms with Gasteiger partial charge in [-0.05, 0) is 56.8 Å². The summed E-state index contributed by atoms with van der Waals surface area (Å²) >= 11 is 0. The van der Waals surface area contributed by atoms with E-state index in [1.165, 1.54) is 0 Å². The lowest BCUT2D eigenvalue weighted by Crippen LogP contribution is -2.29. The van der Waals surface area contributed by atoms with Crippen molar-refractivity contribution in [2.45, 2.75) is 58.6 Å². The van der Waals surface area contributed by atoms with Crippen molar-refractivity contribution in [1.82, 2.24) is 15.0 Å². The number of hydrogen-bond acceptors (Lipinski definition) is 7. The number of esters is 1. The van der Waals surface area contributed by atoms with Gasteiger partial charge in [0, 0.05) is 41.7 Å². The first kappa shape index (κ1) is 21.2. The van der Waals surface area contributed by atoms with Gasteiger partial charge in [0.15, 0.2) is 0 Å². The average Bonchev–Trinajstić information content (AvgIpc) is 2.71. The van der Waals surface area contributed by atoms with Gasteiger partial charge in [-0.25, -0.2) is 9.78 Å². The molecule has 0 unspecified atom stereocenters. The van der Waals surface area contributed by atoms with E-state index in [2.05, 4.69) is 9.97 Å². The van der Waals surface area contributed by atoms with Gasteiger partial charge in [0.25, 0.3) is 0 Å². The third-order valence-electron chi connectivity index (χ3n) is 5.76. The number of nitrogens with two attached hydrogens (primary N) is 1. The van der Waals surface area contributed by atoms with Crippen LogP contribution in [-0.2, 0) is 16.7 Å². The zero-order chi connectivity index (χ0) is 22.3. The third kappa shape index (κ3) is 3.97. The number of cyclic esters (lactones) is 1. The van der Waals surface area contributed by atoms with Gasteiger partial charge in [-0.1, -0.05) is 6.92 Å². The first-order valence-electron chi connectivity index (χ1n) is 10.6. The summed E-state index contributed by atoms with van der Waals surface area (Å²) in [7, 11) is 0. The van der Waals surface area contributed by atoms with Gasteiger partial charge in [0.05, 0.1) is 23.3 Å². The smallest absolute Gasteiger partial charge is 0.340 e. The first-order chi connectivity index (χ1) is 14.7. The lowest BCUT2D eigenvalue weighted by Gasteiger charge is -2.27.